The molecule has 0 amide bonds. The molecule has 0 unspecified atom stereocenters. The van der Waals surface area contributed by atoms with Gasteiger partial charge in [0.2, 0.25) is 0 Å². The van der Waals surface area contributed by atoms with E-state index >= 15 is 0 Å². The molecule has 0 saturated carbocycles. The van der Waals surface area contributed by atoms with Crippen molar-refractivity contribution in [3.05, 3.63) is 60.8 Å². The summed E-state index contributed by atoms with van der Waals surface area (Å²) in [7, 11) is 0. The summed E-state index contributed by atoms with van der Waals surface area (Å²) in [5, 5.41) is 9.99. The molecule has 1 N–H and O–H groups in total. The quantitative estimate of drug-likeness (QED) is 0.0438. The molecule has 0 aliphatic heterocycles. The number of aliphatic hydroxyl groups excluding tert-OH is 1. The average Bonchev–Trinajstić information content (AvgIpc) is 3.06. The first kappa shape index (κ1) is 43.6. The van der Waals surface area contributed by atoms with Crippen LogP contribution >= 0.6 is 0 Å². The second kappa shape index (κ2) is 37.1. The van der Waals surface area contributed by atoms with Crippen LogP contribution in [0.4, 0.5) is 0 Å². The van der Waals surface area contributed by atoms with E-state index in [9.17, 15) is 14.7 Å². The number of carbonyl (C=O) groups excluding carboxylic acids is 2. The highest BCUT2D eigenvalue weighted by Crippen LogP contribution is 2.14. The van der Waals surface area contributed by atoms with Crippen LogP contribution in [0, 0.1) is 0 Å². The Labute approximate surface area is 283 Å². The lowest BCUT2D eigenvalue weighted by Crippen LogP contribution is -2.25. The van der Waals surface area contributed by atoms with Gasteiger partial charge in [-0.05, 0) is 51.4 Å². The van der Waals surface area contributed by atoms with Gasteiger partial charge in [0, 0.05) is 12.8 Å². The van der Waals surface area contributed by atoms with Gasteiger partial charge in [0.25, 0.3) is 0 Å². The molecule has 5 heteroatoms. The van der Waals surface area contributed by atoms with E-state index in [1.807, 2.05) is 0 Å². The predicted octanol–water partition coefficient (Wildman–Crippen LogP) is 11.6. The number of esters is 2. The van der Waals surface area contributed by atoms with Gasteiger partial charge in [0.1, 0.15) is 19.3 Å². The zero-order valence-corrected chi connectivity index (χ0v) is 29.8. The SMILES string of the molecule is CC/C=C\C/C=C\C/C=C\C/C=C\C/C=C\CCCC(=O)OC[C@H](O)COC(=O)CCCCCCCCCCCCCCCCC. The van der Waals surface area contributed by atoms with Crippen molar-refractivity contribution in [3.63, 3.8) is 0 Å². The molecule has 5 nitrogen and oxygen atoms in total. The van der Waals surface area contributed by atoms with Crippen molar-refractivity contribution < 1.29 is 24.2 Å². The average molecular weight is 643 g/mol. The van der Waals surface area contributed by atoms with Crippen LogP contribution in [0.25, 0.3) is 0 Å². The van der Waals surface area contributed by atoms with Crippen molar-refractivity contribution in [2.24, 2.45) is 0 Å². The molecule has 0 radical (unpaired) electrons. The summed E-state index contributed by atoms with van der Waals surface area (Å²) in [4.78, 5) is 23.9. The summed E-state index contributed by atoms with van der Waals surface area (Å²) in [5.41, 5.74) is 0. The van der Waals surface area contributed by atoms with Crippen LogP contribution in [0.3, 0.4) is 0 Å². The van der Waals surface area contributed by atoms with E-state index in [2.05, 4.69) is 74.6 Å². The molecule has 0 rings (SSSR count). The zero-order chi connectivity index (χ0) is 33.6. The standard InChI is InChI=1S/C41H70O5/c1-3-5-7-9-11-13-15-17-19-20-22-24-26-28-30-32-34-36-41(44)46-38-39(42)37-45-40(43)35-33-31-29-27-25-23-21-18-16-14-12-10-8-6-4-2/h5,7,11,13,17,19,22,24,28,30,39,42H,3-4,6,8-10,12,14-16,18,20-21,23,25-27,29,31-38H2,1-2H3/b7-5-,13-11-,19-17-,24-22-,30-28-/t39-/m1/s1. The van der Waals surface area contributed by atoms with Gasteiger partial charge in [0.05, 0.1) is 0 Å². The van der Waals surface area contributed by atoms with Crippen LogP contribution in [-0.2, 0) is 19.1 Å². The summed E-state index contributed by atoms with van der Waals surface area (Å²) in [6.07, 6.45) is 47.0. The number of ether oxygens (including phenoxy) is 2. The van der Waals surface area contributed by atoms with Crippen LogP contribution in [-0.4, -0.2) is 36.4 Å². The Bertz CT molecular complexity index is 823. The second-order valence-corrected chi connectivity index (χ2v) is 12.3. The normalized spacial score (nSPS) is 12.8. The third-order valence-corrected chi connectivity index (χ3v) is 7.77. The van der Waals surface area contributed by atoms with Crippen LogP contribution in [0.2, 0.25) is 0 Å². The van der Waals surface area contributed by atoms with Crippen molar-refractivity contribution in [3.8, 4) is 0 Å². The van der Waals surface area contributed by atoms with Crippen LogP contribution in [0.5, 0.6) is 0 Å². The predicted molar refractivity (Wildman–Crippen MR) is 196 cm³/mol. The number of rotatable bonds is 33. The molecule has 264 valence electrons. The molecule has 46 heavy (non-hydrogen) atoms. The van der Waals surface area contributed by atoms with E-state index in [-0.39, 0.29) is 25.2 Å². The molecule has 0 saturated heterocycles. The molecule has 0 aromatic rings. The third-order valence-electron chi connectivity index (χ3n) is 7.77. The Morgan fingerprint density at radius 3 is 1.24 bits per heavy atom. The Balaban J connectivity index is 3.54. The van der Waals surface area contributed by atoms with Crippen LogP contribution in [0.1, 0.15) is 168 Å². The monoisotopic (exact) mass is 643 g/mol. The van der Waals surface area contributed by atoms with E-state index < -0.39 is 6.10 Å². The molecule has 0 aromatic heterocycles. The molecular weight excluding hydrogens is 572 g/mol. The van der Waals surface area contributed by atoms with Crippen molar-refractivity contribution in [1.29, 1.82) is 0 Å². The minimum atomic E-state index is -0.986. The van der Waals surface area contributed by atoms with Gasteiger partial charge in [-0.2, -0.15) is 0 Å². The van der Waals surface area contributed by atoms with Crippen molar-refractivity contribution in [1.82, 2.24) is 0 Å². The molecule has 0 fully saturated rings. The summed E-state index contributed by atoms with van der Waals surface area (Å²) >= 11 is 0. The Kier molecular flexibility index (Phi) is 35.1. The molecule has 0 aliphatic carbocycles. The van der Waals surface area contributed by atoms with Gasteiger partial charge in [-0.1, -0.05) is 164 Å². The Hall–Kier alpha value is -2.40. The Morgan fingerprint density at radius 1 is 0.478 bits per heavy atom. The number of hydrogen-bond donors (Lipinski definition) is 1. The first-order chi connectivity index (χ1) is 22.6. The van der Waals surface area contributed by atoms with Gasteiger partial charge in [0.15, 0.2) is 0 Å². The maximum absolute atomic E-state index is 11.9. The zero-order valence-electron chi connectivity index (χ0n) is 29.8. The van der Waals surface area contributed by atoms with Gasteiger partial charge >= 0.3 is 11.9 Å². The number of aliphatic hydroxyl groups is 1. The molecule has 1 atom stereocenters. The van der Waals surface area contributed by atoms with Crippen molar-refractivity contribution >= 4 is 11.9 Å². The van der Waals surface area contributed by atoms with E-state index in [0.29, 0.717) is 19.3 Å². The minimum absolute atomic E-state index is 0.134. The first-order valence-corrected chi connectivity index (χ1v) is 18.8. The summed E-state index contributed by atoms with van der Waals surface area (Å²) in [5.74, 6) is -0.632. The molecule has 0 heterocycles. The highest BCUT2D eigenvalue weighted by atomic mass is 16.6. The first-order valence-electron chi connectivity index (χ1n) is 18.8. The summed E-state index contributed by atoms with van der Waals surface area (Å²) in [6.45, 7) is 4.13. The molecular formula is C41H70O5. The fourth-order valence-electron chi connectivity index (χ4n) is 4.94. The molecule has 0 aliphatic rings. The summed E-state index contributed by atoms with van der Waals surface area (Å²) in [6, 6.07) is 0. The fourth-order valence-corrected chi connectivity index (χ4v) is 4.94. The van der Waals surface area contributed by atoms with E-state index in [1.54, 1.807) is 0 Å². The lowest BCUT2D eigenvalue weighted by atomic mass is 10.0. The van der Waals surface area contributed by atoms with E-state index in [0.717, 1.165) is 57.8 Å². The fraction of sp³-hybridized carbons (Fsp3) is 0.707. The maximum Gasteiger partial charge on any atom is 0.305 e. The van der Waals surface area contributed by atoms with Gasteiger partial charge in [-0.15, -0.1) is 0 Å². The highest BCUT2D eigenvalue weighted by molar-refractivity contribution is 5.69. The number of hydrogen-bond acceptors (Lipinski definition) is 5. The van der Waals surface area contributed by atoms with Crippen LogP contribution < -0.4 is 0 Å². The van der Waals surface area contributed by atoms with Gasteiger partial charge in [-0.3, -0.25) is 9.59 Å². The Morgan fingerprint density at radius 2 is 0.826 bits per heavy atom. The largest absolute Gasteiger partial charge is 0.463 e. The minimum Gasteiger partial charge on any atom is -0.463 e. The molecule has 0 spiro atoms. The third kappa shape index (κ3) is 36.1. The second-order valence-electron chi connectivity index (χ2n) is 12.3. The lowest BCUT2D eigenvalue weighted by molar-refractivity contribution is -0.152. The van der Waals surface area contributed by atoms with Crippen LogP contribution in [0.15, 0.2) is 60.8 Å². The molecule has 0 bridgehead atoms. The molecule has 0 aromatic carbocycles. The van der Waals surface area contributed by atoms with Crippen molar-refractivity contribution in [2.75, 3.05) is 13.2 Å². The van der Waals surface area contributed by atoms with E-state index in [1.165, 1.54) is 77.0 Å². The van der Waals surface area contributed by atoms with E-state index in [4.69, 9.17) is 9.47 Å². The number of allylic oxidation sites excluding steroid dienone is 10. The maximum atomic E-state index is 11.9. The van der Waals surface area contributed by atoms with Gasteiger partial charge < -0.3 is 14.6 Å². The number of unbranched alkanes of at least 4 members (excludes halogenated alkanes) is 15. The smallest absolute Gasteiger partial charge is 0.305 e. The highest BCUT2D eigenvalue weighted by Gasteiger charge is 2.12. The lowest BCUT2D eigenvalue weighted by Gasteiger charge is -2.12. The topological polar surface area (TPSA) is 72.8 Å². The number of carbonyl (C=O) groups is 2. The van der Waals surface area contributed by atoms with Crippen molar-refractivity contribution in [2.45, 2.75) is 174 Å². The summed E-state index contributed by atoms with van der Waals surface area (Å²) < 4.78 is 10.3. The van der Waals surface area contributed by atoms with Gasteiger partial charge in [-0.25, -0.2) is 0 Å².